The predicted molar refractivity (Wildman–Crippen MR) is 70.7 cm³/mol. The van der Waals surface area contributed by atoms with Crippen LogP contribution >= 0.6 is 11.6 Å². The van der Waals surface area contributed by atoms with Crippen molar-refractivity contribution in [3.05, 3.63) is 53.1 Å². The van der Waals surface area contributed by atoms with Gasteiger partial charge in [-0.15, -0.1) is 0 Å². The summed E-state index contributed by atoms with van der Waals surface area (Å²) in [5.41, 5.74) is 10.2. The minimum absolute atomic E-state index is 0.674. The summed E-state index contributed by atoms with van der Waals surface area (Å²) in [6.07, 6.45) is 1.03. The minimum atomic E-state index is 0.674. The molecular formula is C14H14ClN. The van der Waals surface area contributed by atoms with Gasteiger partial charge < -0.3 is 5.73 Å². The fourth-order valence-corrected chi connectivity index (χ4v) is 1.94. The molecule has 2 N–H and O–H groups in total. The van der Waals surface area contributed by atoms with Gasteiger partial charge in [0.15, 0.2) is 0 Å². The van der Waals surface area contributed by atoms with Crippen molar-refractivity contribution in [1.29, 1.82) is 0 Å². The molecule has 0 unspecified atom stereocenters. The number of aryl methyl sites for hydroxylation is 1. The van der Waals surface area contributed by atoms with Crippen LogP contribution in [0.1, 0.15) is 12.5 Å². The standard InChI is InChI=1S/C14H14ClN/c1-2-10-4-3-5-11(8-10)13-7-6-12(15)9-14(13)16/h3-9H,2,16H2,1H3. The van der Waals surface area contributed by atoms with Crippen LogP contribution in [0.4, 0.5) is 5.69 Å². The molecule has 0 fully saturated rings. The Morgan fingerprint density at radius 3 is 2.62 bits per heavy atom. The van der Waals surface area contributed by atoms with Gasteiger partial charge in [0, 0.05) is 16.3 Å². The molecule has 0 spiro atoms. The maximum Gasteiger partial charge on any atom is 0.0426 e. The summed E-state index contributed by atoms with van der Waals surface area (Å²) >= 11 is 5.88. The van der Waals surface area contributed by atoms with Crippen LogP contribution in [0.5, 0.6) is 0 Å². The molecule has 2 heteroatoms. The summed E-state index contributed by atoms with van der Waals surface area (Å²) < 4.78 is 0. The van der Waals surface area contributed by atoms with Crippen molar-refractivity contribution in [2.24, 2.45) is 0 Å². The SMILES string of the molecule is CCc1cccc(-c2ccc(Cl)cc2N)c1. The first-order chi connectivity index (χ1) is 7.70. The number of halogens is 1. The molecule has 0 aliphatic carbocycles. The van der Waals surface area contributed by atoms with E-state index in [1.165, 1.54) is 5.56 Å². The maximum atomic E-state index is 5.96. The van der Waals surface area contributed by atoms with Crippen molar-refractivity contribution in [3.63, 3.8) is 0 Å². The lowest BCUT2D eigenvalue weighted by Crippen LogP contribution is -1.90. The van der Waals surface area contributed by atoms with E-state index in [0.717, 1.165) is 23.2 Å². The monoisotopic (exact) mass is 231 g/mol. The quantitative estimate of drug-likeness (QED) is 0.772. The zero-order valence-electron chi connectivity index (χ0n) is 9.20. The van der Waals surface area contributed by atoms with Crippen LogP contribution in [0.3, 0.4) is 0 Å². The third kappa shape index (κ3) is 2.20. The van der Waals surface area contributed by atoms with E-state index in [2.05, 4.69) is 31.2 Å². The van der Waals surface area contributed by atoms with E-state index in [-0.39, 0.29) is 0 Å². The molecule has 16 heavy (non-hydrogen) atoms. The smallest absolute Gasteiger partial charge is 0.0426 e. The predicted octanol–water partition coefficient (Wildman–Crippen LogP) is 4.15. The van der Waals surface area contributed by atoms with Crippen LogP contribution in [0.25, 0.3) is 11.1 Å². The zero-order chi connectivity index (χ0) is 11.5. The van der Waals surface area contributed by atoms with Gasteiger partial charge >= 0.3 is 0 Å². The second-order valence-corrected chi connectivity index (χ2v) is 4.22. The Hall–Kier alpha value is -1.47. The summed E-state index contributed by atoms with van der Waals surface area (Å²) in [5, 5.41) is 0.674. The Morgan fingerprint density at radius 1 is 1.12 bits per heavy atom. The van der Waals surface area contributed by atoms with Crippen molar-refractivity contribution in [1.82, 2.24) is 0 Å². The van der Waals surface area contributed by atoms with E-state index in [9.17, 15) is 0 Å². The average Bonchev–Trinajstić information content (AvgIpc) is 2.29. The number of anilines is 1. The Labute approximate surface area is 101 Å². The second-order valence-electron chi connectivity index (χ2n) is 3.79. The Kier molecular flexibility index (Phi) is 3.16. The van der Waals surface area contributed by atoms with Gasteiger partial charge in [0.1, 0.15) is 0 Å². The molecule has 1 nitrogen and oxygen atoms in total. The van der Waals surface area contributed by atoms with Crippen LogP contribution in [-0.2, 0) is 6.42 Å². The summed E-state index contributed by atoms with van der Waals surface area (Å²) in [6.45, 7) is 2.14. The van der Waals surface area contributed by atoms with Gasteiger partial charge in [-0.3, -0.25) is 0 Å². The third-order valence-corrected chi connectivity index (χ3v) is 2.89. The molecule has 0 amide bonds. The van der Waals surface area contributed by atoms with Crippen molar-refractivity contribution in [3.8, 4) is 11.1 Å². The number of hydrogen-bond acceptors (Lipinski definition) is 1. The Balaban J connectivity index is 2.49. The summed E-state index contributed by atoms with van der Waals surface area (Å²) in [6, 6.07) is 14.0. The largest absolute Gasteiger partial charge is 0.398 e. The first-order valence-corrected chi connectivity index (χ1v) is 5.73. The Morgan fingerprint density at radius 2 is 1.94 bits per heavy atom. The van der Waals surface area contributed by atoms with E-state index in [1.54, 1.807) is 6.07 Å². The number of nitrogen functional groups attached to an aromatic ring is 1. The fraction of sp³-hybridized carbons (Fsp3) is 0.143. The van der Waals surface area contributed by atoms with Gasteiger partial charge in [-0.25, -0.2) is 0 Å². The van der Waals surface area contributed by atoms with Crippen LogP contribution in [-0.4, -0.2) is 0 Å². The molecule has 2 aromatic carbocycles. The van der Waals surface area contributed by atoms with Crippen LogP contribution in [0.2, 0.25) is 5.02 Å². The molecule has 0 radical (unpaired) electrons. The number of benzene rings is 2. The summed E-state index contributed by atoms with van der Waals surface area (Å²) in [7, 11) is 0. The summed E-state index contributed by atoms with van der Waals surface area (Å²) in [5.74, 6) is 0. The van der Waals surface area contributed by atoms with E-state index in [0.29, 0.717) is 5.02 Å². The lowest BCUT2D eigenvalue weighted by atomic mass is 10.0. The van der Waals surface area contributed by atoms with Crippen molar-refractivity contribution >= 4 is 17.3 Å². The average molecular weight is 232 g/mol. The minimum Gasteiger partial charge on any atom is -0.398 e. The molecular weight excluding hydrogens is 218 g/mol. The van der Waals surface area contributed by atoms with Gasteiger partial charge in [-0.2, -0.15) is 0 Å². The van der Waals surface area contributed by atoms with E-state index >= 15 is 0 Å². The Bertz CT molecular complexity index is 506. The van der Waals surface area contributed by atoms with Crippen LogP contribution in [0, 0.1) is 0 Å². The number of nitrogens with two attached hydrogens (primary N) is 1. The zero-order valence-corrected chi connectivity index (χ0v) is 9.96. The molecule has 0 aromatic heterocycles. The van der Waals surface area contributed by atoms with E-state index < -0.39 is 0 Å². The molecule has 0 saturated heterocycles. The number of hydrogen-bond donors (Lipinski definition) is 1. The second kappa shape index (κ2) is 4.58. The van der Waals surface area contributed by atoms with E-state index in [1.807, 2.05) is 12.1 Å². The lowest BCUT2D eigenvalue weighted by Gasteiger charge is -2.07. The fourth-order valence-electron chi connectivity index (χ4n) is 1.76. The third-order valence-electron chi connectivity index (χ3n) is 2.66. The molecule has 82 valence electrons. The van der Waals surface area contributed by atoms with Crippen LogP contribution in [0.15, 0.2) is 42.5 Å². The highest BCUT2D eigenvalue weighted by molar-refractivity contribution is 6.31. The molecule has 2 rings (SSSR count). The van der Waals surface area contributed by atoms with Gasteiger partial charge in [0.05, 0.1) is 0 Å². The lowest BCUT2D eigenvalue weighted by molar-refractivity contribution is 1.14. The summed E-state index contributed by atoms with van der Waals surface area (Å²) in [4.78, 5) is 0. The maximum absolute atomic E-state index is 5.96. The molecule has 0 aliphatic rings. The molecule has 0 atom stereocenters. The van der Waals surface area contributed by atoms with Gasteiger partial charge in [0.2, 0.25) is 0 Å². The van der Waals surface area contributed by atoms with Crippen molar-refractivity contribution in [2.75, 3.05) is 5.73 Å². The molecule has 0 aliphatic heterocycles. The topological polar surface area (TPSA) is 26.0 Å². The van der Waals surface area contributed by atoms with Crippen molar-refractivity contribution in [2.45, 2.75) is 13.3 Å². The molecule has 0 bridgehead atoms. The first-order valence-electron chi connectivity index (χ1n) is 5.35. The normalized spacial score (nSPS) is 10.4. The highest BCUT2D eigenvalue weighted by Gasteiger charge is 2.03. The molecule has 0 heterocycles. The van der Waals surface area contributed by atoms with Crippen molar-refractivity contribution < 1.29 is 0 Å². The molecule has 2 aromatic rings. The van der Waals surface area contributed by atoms with Gasteiger partial charge in [0.25, 0.3) is 0 Å². The highest BCUT2D eigenvalue weighted by atomic mass is 35.5. The van der Waals surface area contributed by atoms with Crippen LogP contribution < -0.4 is 5.73 Å². The van der Waals surface area contributed by atoms with Gasteiger partial charge in [-0.05, 0) is 29.7 Å². The van der Waals surface area contributed by atoms with Gasteiger partial charge in [-0.1, -0.05) is 48.9 Å². The molecule has 0 saturated carbocycles. The first kappa shape index (κ1) is 11.0. The highest BCUT2D eigenvalue weighted by Crippen LogP contribution is 2.28. The van der Waals surface area contributed by atoms with E-state index in [4.69, 9.17) is 17.3 Å². The number of rotatable bonds is 2.